The Bertz CT molecular complexity index is 1640. The van der Waals surface area contributed by atoms with E-state index in [4.69, 9.17) is 4.74 Å². The van der Waals surface area contributed by atoms with Crippen LogP contribution in [0.25, 0.3) is 0 Å². The van der Waals surface area contributed by atoms with E-state index >= 15 is 8.78 Å². The van der Waals surface area contributed by atoms with Crippen LogP contribution < -0.4 is 19.7 Å². The maximum absolute atomic E-state index is 15.1. The number of halogens is 5. The lowest BCUT2D eigenvalue weighted by Crippen LogP contribution is -2.47. The number of urea groups is 1. The molecule has 3 aromatic rings. The van der Waals surface area contributed by atoms with E-state index in [2.05, 4.69) is 10.0 Å². The SMILES string of the molecule is C[C@H]1c2ccc(C(=O)NCc3c(F)cc(F)cc3F)cc2N(Cc2c(F)cc(OCCNS(C)(=O)=O)cc2F)C(=O)N1C. The summed E-state index contributed by atoms with van der Waals surface area (Å²) >= 11 is 0. The van der Waals surface area contributed by atoms with Crippen LogP contribution in [-0.4, -0.2) is 51.7 Å². The number of carbonyl (C=O) groups excluding carboxylic acids is 2. The molecular weight excluding hydrogens is 599 g/mol. The maximum atomic E-state index is 15.1. The molecule has 2 N–H and O–H groups in total. The quantitative estimate of drug-likeness (QED) is 0.257. The summed E-state index contributed by atoms with van der Waals surface area (Å²) in [7, 11) is -1.97. The summed E-state index contributed by atoms with van der Waals surface area (Å²) < 4.78 is 101. The van der Waals surface area contributed by atoms with Crippen LogP contribution in [-0.2, 0) is 23.1 Å². The fourth-order valence-electron chi connectivity index (χ4n) is 4.47. The number of rotatable bonds is 10. The number of nitrogens with one attached hydrogen (secondary N) is 2. The number of carbonyl (C=O) groups is 2. The predicted octanol–water partition coefficient (Wildman–Crippen LogP) is 4.37. The third-order valence-corrected chi connectivity index (χ3v) is 7.57. The maximum Gasteiger partial charge on any atom is 0.325 e. The molecule has 15 heteroatoms. The molecule has 43 heavy (non-hydrogen) atoms. The average Bonchev–Trinajstić information content (AvgIpc) is 2.92. The molecule has 0 aromatic heterocycles. The van der Waals surface area contributed by atoms with Gasteiger partial charge in [-0.15, -0.1) is 0 Å². The van der Waals surface area contributed by atoms with Crippen molar-refractivity contribution in [3.8, 4) is 5.75 Å². The summed E-state index contributed by atoms with van der Waals surface area (Å²) in [4.78, 5) is 28.6. The Hall–Kier alpha value is -4.24. The molecule has 1 heterocycles. The first-order valence-corrected chi connectivity index (χ1v) is 14.7. The van der Waals surface area contributed by atoms with Gasteiger partial charge in [0, 0.05) is 61.1 Å². The summed E-state index contributed by atoms with van der Waals surface area (Å²) in [5.41, 5.74) is -0.281. The number of anilines is 1. The van der Waals surface area contributed by atoms with Gasteiger partial charge in [-0.1, -0.05) is 6.07 Å². The fourth-order valence-corrected chi connectivity index (χ4v) is 4.93. The second-order valence-electron chi connectivity index (χ2n) is 9.84. The van der Waals surface area contributed by atoms with Crippen LogP contribution in [0.5, 0.6) is 5.75 Å². The molecule has 4 rings (SSSR count). The lowest BCUT2D eigenvalue weighted by molar-refractivity contribution is 0.0950. The molecule has 0 saturated heterocycles. The molecule has 230 valence electrons. The molecular formula is C28H27F5N4O5S. The van der Waals surface area contributed by atoms with Crippen molar-refractivity contribution in [1.82, 2.24) is 14.9 Å². The summed E-state index contributed by atoms with van der Waals surface area (Å²) in [5, 5.41) is 2.35. The van der Waals surface area contributed by atoms with Crippen molar-refractivity contribution >= 4 is 27.6 Å². The molecule has 0 radical (unpaired) electrons. The molecule has 0 unspecified atom stereocenters. The summed E-state index contributed by atoms with van der Waals surface area (Å²) in [6.45, 7) is 0.243. The fraction of sp³-hybridized carbons (Fsp3) is 0.286. The van der Waals surface area contributed by atoms with Crippen molar-refractivity contribution < 1.29 is 44.7 Å². The highest BCUT2D eigenvalue weighted by Gasteiger charge is 2.35. The highest BCUT2D eigenvalue weighted by molar-refractivity contribution is 7.88. The molecule has 0 spiro atoms. The minimum atomic E-state index is -3.47. The van der Waals surface area contributed by atoms with Gasteiger partial charge in [-0.25, -0.2) is 39.9 Å². The smallest absolute Gasteiger partial charge is 0.325 e. The van der Waals surface area contributed by atoms with Gasteiger partial charge >= 0.3 is 6.03 Å². The zero-order valence-corrected chi connectivity index (χ0v) is 24.0. The average molecular weight is 627 g/mol. The third-order valence-electron chi connectivity index (χ3n) is 6.84. The lowest BCUT2D eigenvalue weighted by Gasteiger charge is -2.39. The molecule has 1 aliphatic rings. The van der Waals surface area contributed by atoms with Gasteiger partial charge in [-0.05, 0) is 24.6 Å². The summed E-state index contributed by atoms with van der Waals surface area (Å²) in [6, 6.07) is 5.99. The topological polar surface area (TPSA) is 108 Å². The zero-order valence-electron chi connectivity index (χ0n) is 23.2. The molecule has 0 saturated carbocycles. The molecule has 9 nitrogen and oxygen atoms in total. The van der Waals surface area contributed by atoms with Gasteiger partial charge in [0.25, 0.3) is 5.91 Å². The zero-order chi connectivity index (χ0) is 31.6. The van der Waals surface area contributed by atoms with Gasteiger partial charge in [-0.3, -0.25) is 9.69 Å². The highest BCUT2D eigenvalue weighted by Crippen LogP contribution is 2.38. The molecule has 1 atom stereocenters. The number of sulfonamides is 1. The highest BCUT2D eigenvalue weighted by atomic mass is 32.2. The van der Waals surface area contributed by atoms with E-state index in [1.165, 1.54) is 24.1 Å². The summed E-state index contributed by atoms with van der Waals surface area (Å²) in [6.07, 6.45) is 0.949. The van der Waals surface area contributed by atoms with E-state index in [1.54, 1.807) is 13.0 Å². The van der Waals surface area contributed by atoms with Crippen molar-refractivity contribution in [3.63, 3.8) is 0 Å². The van der Waals surface area contributed by atoms with E-state index in [9.17, 15) is 31.2 Å². The Morgan fingerprint density at radius 1 is 0.953 bits per heavy atom. The molecule has 3 amide bonds. The first kappa shape index (κ1) is 31.7. The minimum absolute atomic E-state index is 0.0105. The molecule has 1 aliphatic heterocycles. The second-order valence-corrected chi connectivity index (χ2v) is 11.7. The van der Waals surface area contributed by atoms with Crippen LogP contribution in [0, 0.1) is 29.1 Å². The van der Waals surface area contributed by atoms with Crippen LogP contribution in [0.3, 0.4) is 0 Å². The van der Waals surface area contributed by atoms with E-state index < -0.39 is 81.3 Å². The number of fused-ring (bicyclic) bond motifs is 1. The predicted molar refractivity (Wildman–Crippen MR) is 146 cm³/mol. The summed E-state index contributed by atoms with van der Waals surface area (Å²) in [5.74, 6) is -6.49. The van der Waals surface area contributed by atoms with E-state index in [-0.39, 0.29) is 30.2 Å². The van der Waals surface area contributed by atoms with Gasteiger partial charge in [0.15, 0.2) is 0 Å². The normalized spacial score (nSPS) is 15.0. The van der Waals surface area contributed by atoms with Crippen LogP contribution in [0.15, 0.2) is 42.5 Å². The first-order valence-electron chi connectivity index (χ1n) is 12.8. The van der Waals surface area contributed by atoms with Crippen molar-refractivity contribution in [1.29, 1.82) is 0 Å². The monoisotopic (exact) mass is 626 g/mol. The minimum Gasteiger partial charge on any atom is -0.492 e. The standard InChI is InChI=1S/C28H27F5N4O5S/c1-15-19-5-4-16(27(38)34-13-20-22(30)9-17(29)10-23(20)31)8-26(19)37(28(39)36(15)2)14-21-24(32)11-18(12-25(21)33)42-7-6-35-43(3,40)41/h4-5,8-12,15,35H,6-7,13-14H2,1-3H3,(H,34,38)/t15-/m0/s1. The number of amides is 3. The van der Waals surface area contributed by atoms with Crippen molar-refractivity contribution in [2.45, 2.75) is 26.1 Å². The van der Waals surface area contributed by atoms with Gasteiger partial charge in [0.1, 0.15) is 41.4 Å². The van der Waals surface area contributed by atoms with E-state index in [1.807, 2.05) is 0 Å². The molecule has 3 aromatic carbocycles. The third kappa shape index (κ3) is 7.22. The lowest BCUT2D eigenvalue weighted by atomic mass is 9.98. The Balaban J connectivity index is 1.57. The Kier molecular flexibility index (Phi) is 9.25. The van der Waals surface area contributed by atoms with Crippen molar-refractivity contribution in [2.24, 2.45) is 0 Å². The van der Waals surface area contributed by atoms with E-state index in [0.29, 0.717) is 17.7 Å². The van der Waals surface area contributed by atoms with E-state index in [0.717, 1.165) is 23.3 Å². The number of hydrogen-bond donors (Lipinski definition) is 2. The van der Waals surface area contributed by atoms with Crippen LogP contribution >= 0.6 is 0 Å². The Morgan fingerprint density at radius 3 is 2.16 bits per heavy atom. The number of ether oxygens (including phenoxy) is 1. The van der Waals surface area contributed by atoms with Crippen molar-refractivity contribution in [2.75, 3.05) is 31.4 Å². The largest absolute Gasteiger partial charge is 0.492 e. The van der Waals surface area contributed by atoms with Crippen LogP contribution in [0.2, 0.25) is 0 Å². The number of nitrogens with zero attached hydrogens (tertiary/aromatic N) is 2. The Labute approximate surface area is 244 Å². The van der Waals surface area contributed by atoms with Gasteiger partial charge in [-0.2, -0.15) is 0 Å². The first-order chi connectivity index (χ1) is 20.2. The molecule has 0 aliphatic carbocycles. The van der Waals surface area contributed by atoms with Gasteiger partial charge < -0.3 is 15.0 Å². The molecule has 0 fully saturated rings. The van der Waals surface area contributed by atoms with Crippen LogP contribution in [0.4, 0.5) is 32.4 Å². The Morgan fingerprint density at radius 2 is 1.56 bits per heavy atom. The number of benzene rings is 3. The molecule has 0 bridgehead atoms. The number of hydrogen-bond acceptors (Lipinski definition) is 5. The van der Waals surface area contributed by atoms with Gasteiger partial charge in [0.2, 0.25) is 10.0 Å². The second kappa shape index (κ2) is 12.6. The van der Waals surface area contributed by atoms with Crippen LogP contribution in [0.1, 0.15) is 40.0 Å². The van der Waals surface area contributed by atoms with Gasteiger partial charge in [0.05, 0.1) is 24.5 Å². The van der Waals surface area contributed by atoms with Crippen molar-refractivity contribution in [3.05, 3.63) is 93.8 Å².